The lowest BCUT2D eigenvalue weighted by Gasteiger charge is -2.32. The van der Waals surface area contributed by atoms with Crippen LogP contribution in [0.1, 0.15) is 68.9 Å². The number of likely N-dealkylation sites (tertiary alicyclic amines) is 2. The molecule has 3 heterocycles. The summed E-state index contributed by atoms with van der Waals surface area (Å²) in [6.07, 6.45) is 3.34. The quantitative estimate of drug-likeness (QED) is 0.427. The molecule has 1 aromatic heterocycles. The summed E-state index contributed by atoms with van der Waals surface area (Å²) in [4.78, 5) is 30.2. The summed E-state index contributed by atoms with van der Waals surface area (Å²) in [5.41, 5.74) is 4.05. The number of amides is 2. The number of aromatic nitrogens is 2. The van der Waals surface area contributed by atoms with E-state index in [-0.39, 0.29) is 35.3 Å². The van der Waals surface area contributed by atoms with Crippen molar-refractivity contribution >= 4 is 11.8 Å². The molecular weight excluding hydrogens is 528 g/mol. The van der Waals surface area contributed by atoms with Crippen LogP contribution in [0.15, 0.2) is 60.7 Å². The molecule has 0 aliphatic carbocycles. The van der Waals surface area contributed by atoms with Crippen LogP contribution in [0.3, 0.4) is 0 Å². The van der Waals surface area contributed by atoms with Crippen LogP contribution in [-0.4, -0.2) is 70.1 Å². The monoisotopic (exact) mass is 562 g/mol. The maximum absolute atomic E-state index is 12.8. The Labute approximate surface area is 246 Å². The van der Waals surface area contributed by atoms with E-state index in [0.29, 0.717) is 11.1 Å². The van der Waals surface area contributed by atoms with Crippen molar-refractivity contribution in [3.05, 3.63) is 94.3 Å². The molecule has 10 heteroatoms. The van der Waals surface area contributed by atoms with Crippen LogP contribution >= 0.6 is 0 Å². The van der Waals surface area contributed by atoms with Gasteiger partial charge in [0.25, 0.3) is 11.8 Å². The lowest BCUT2D eigenvalue weighted by atomic mass is 10.0. The average molecular weight is 563 g/mol. The predicted octanol–water partition coefficient (Wildman–Crippen LogP) is 3.01. The van der Waals surface area contributed by atoms with Crippen molar-refractivity contribution in [3.63, 3.8) is 0 Å². The predicted molar refractivity (Wildman–Crippen MR) is 156 cm³/mol. The molecule has 0 spiro atoms. The molecule has 0 unspecified atom stereocenters. The number of rotatable bonds is 8. The van der Waals surface area contributed by atoms with Gasteiger partial charge >= 0.3 is 0 Å². The van der Waals surface area contributed by atoms with Crippen LogP contribution in [0.5, 0.6) is 0 Å². The van der Waals surface area contributed by atoms with Crippen LogP contribution in [0, 0.1) is 22.7 Å². The van der Waals surface area contributed by atoms with Crippen molar-refractivity contribution in [2.45, 2.75) is 50.9 Å². The standard InChI is InChI=1S/C32H34N8O2/c33-19-23-1-5-25(6-2-23)21-39-15-11-27(12-16-39)35-31(41)29-9-10-30(38-37-29)32(42)36-28-13-17-40(18-14-28)22-26-7-3-24(20-34)4-8-26/h1-10,27-28H,11-18,21-22H2,(H,35,41)(H,36,42). The van der Waals surface area contributed by atoms with Crippen LogP contribution in [-0.2, 0) is 13.1 Å². The van der Waals surface area contributed by atoms with Crippen molar-refractivity contribution in [2.24, 2.45) is 0 Å². The normalized spacial score (nSPS) is 16.7. The highest BCUT2D eigenvalue weighted by Crippen LogP contribution is 2.16. The molecule has 0 bridgehead atoms. The second-order valence-corrected chi connectivity index (χ2v) is 11.0. The van der Waals surface area contributed by atoms with Crippen LogP contribution in [0.4, 0.5) is 0 Å². The van der Waals surface area contributed by atoms with Gasteiger partial charge in [0.15, 0.2) is 11.4 Å². The van der Waals surface area contributed by atoms with Crippen molar-refractivity contribution in [3.8, 4) is 12.1 Å². The molecule has 0 atom stereocenters. The lowest BCUT2D eigenvalue weighted by molar-refractivity contribution is 0.0887. The van der Waals surface area contributed by atoms with Gasteiger partial charge in [-0.15, -0.1) is 10.2 Å². The molecule has 3 aromatic rings. The summed E-state index contributed by atoms with van der Waals surface area (Å²) in [6, 6.07) is 22.8. The van der Waals surface area contributed by atoms with E-state index in [1.54, 1.807) is 12.1 Å². The van der Waals surface area contributed by atoms with E-state index in [9.17, 15) is 9.59 Å². The fraction of sp³-hybridized carbons (Fsp3) is 0.375. The van der Waals surface area contributed by atoms with E-state index in [0.717, 1.165) is 65.0 Å². The maximum atomic E-state index is 12.8. The zero-order chi connectivity index (χ0) is 29.3. The summed E-state index contributed by atoms with van der Waals surface area (Å²) in [5.74, 6) is -0.565. The largest absolute Gasteiger partial charge is 0.348 e. The van der Waals surface area contributed by atoms with Gasteiger partial charge in [0.1, 0.15) is 0 Å². The van der Waals surface area contributed by atoms with E-state index in [1.165, 1.54) is 11.1 Å². The molecular formula is C32H34N8O2. The molecule has 214 valence electrons. The molecule has 10 nitrogen and oxygen atoms in total. The van der Waals surface area contributed by atoms with Gasteiger partial charge in [0.2, 0.25) is 0 Å². The van der Waals surface area contributed by atoms with Crippen molar-refractivity contribution < 1.29 is 9.59 Å². The Balaban J connectivity index is 1.02. The molecule has 2 aliphatic rings. The van der Waals surface area contributed by atoms with Gasteiger partial charge in [0.05, 0.1) is 23.3 Å². The van der Waals surface area contributed by atoms with Gasteiger partial charge in [0, 0.05) is 51.4 Å². The number of carbonyl (C=O) groups excluding carboxylic acids is 2. The smallest absolute Gasteiger partial charge is 0.272 e. The molecule has 0 radical (unpaired) electrons. The third-order valence-corrected chi connectivity index (χ3v) is 7.95. The number of nitrogens with one attached hydrogen (secondary N) is 2. The van der Waals surface area contributed by atoms with E-state index in [2.05, 4.69) is 42.8 Å². The van der Waals surface area contributed by atoms with Gasteiger partial charge in [-0.05, 0) is 73.2 Å². The summed E-state index contributed by atoms with van der Waals surface area (Å²) >= 11 is 0. The van der Waals surface area contributed by atoms with Crippen LogP contribution in [0.2, 0.25) is 0 Å². The Hall–Kier alpha value is -4.64. The third kappa shape index (κ3) is 7.76. The topological polar surface area (TPSA) is 138 Å². The number of hydrogen-bond donors (Lipinski definition) is 2. The van der Waals surface area contributed by atoms with Crippen molar-refractivity contribution in [2.75, 3.05) is 26.2 Å². The first-order valence-corrected chi connectivity index (χ1v) is 14.4. The minimum atomic E-state index is -0.283. The van der Waals surface area contributed by atoms with Gasteiger partial charge in [-0.2, -0.15) is 10.5 Å². The van der Waals surface area contributed by atoms with E-state index < -0.39 is 0 Å². The third-order valence-electron chi connectivity index (χ3n) is 7.95. The number of hydrogen-bond acceptors (Lipinski definition) is 8. The Morgan fingerprint density at radius 1 is 0.643 bits per heavy atom. The molecule has 2 amide bonds. The molecule has 2 saturated heterocycles. The SMILES string of the molecule is N#Cc1ccc(CN2CCC(NC(=O)c3ccc(C(=O)NC4CCN(Cc5ccc(C#N)cc5)CC4)nn3)CC2)cc1. The molecule has 42 heavy (non-hydrogen) atoms. The highest BCUT2D eigenvalue weighted by Gasteiger charge is 2.24. The number of carbonyl (C=O) groups is 2. The van der Waals surface area contributed by atoms with Gasteiger partial charge in [-0.1, -0.05) is 24.3 Å². The molecule has 2 N–H and O–H groups in total. The highest BCUT2D eigenvalue weighted by molar-refractivity contribution is 5.95. The van der Waals surface area contributed by atoms with Gasteiger partial charge < -0.3 is 10.6 Å². The first-order valence-electron chi connectivity index (χ1n) is 14.4. The second-order valence-electron chi connectivity index (χ2n) is 11.0. The molecule has 2 fully saturated rings. The summed E-state index contributed by atoms with van der Waals surface area (Å²) in [6.45, 7) is 5.10. The zero-order valence-electron chi connectivity index (χ0n) is 23.5. The summed E-state index contributed by atoms with van der Waals surface area (Å²) in [5, 5.41) is 32.1. The maximum Gasteiger partial charge on any atom is 0.272 e. The van der Waals surface area contributed by atoms with Crippen LogP contribution in [0.25, 0.3) is 0 Å². The van der Waals surface area contributed by atoms with E-state index >= 15 is 0 Å². The van der Waals surface area contributed by atoms with E-state index in [4.69, 9.17) is 10.5 Å². The highest BCUT2D eigenvalue weighted by atomic mass is 16.2. The Bertz CT molecular complexity index is 1330. The van der Waals surface area contributed by atoms with Crippen molar-refractivity contribution in [1.29, 1.82) is 10.5 Å². The molecule has 0 saturated carbocycles. The fourth-order valence-corrected chi connectivity index (χ4v) is 5.45. The first-order chi connectivity index (χ1) is 20.5. The van der Waals surface area contributed by atoms with Crippen LogP contribution < -0.4 is 10.6 Å². The van der Waals surface area contributed by atoms with Crippen molar-refractivity contribution in [1.82, 2.24) is 30.6 Å². The molecule has 2 aromatic carbocycles. The fourth-order valence-electron chi connectivity index (χ4n) is 5.45. The number of nitrogens with zero attached hydrogens (tertiary/aromatic N) is 6. The second kappa shape index (κ2) is 13.8. The Kier molecular flexibility index (Phi) is 9.50. The summed E-state index contributed by atoms with van der Waals surface area (Å²) < 4.78 is 0. The van der Waals surface area contributed by atoms with Gasteiger partial charge in [-0.25, -0.2) is 0 Å². The van der Waals surface area contributed by atoms with E-state index in [1.807, 2.05) is 48.5 Å². The molecule has 5 rings (SSSR count). The minimum Gasteiger partial charge on any atom is -0.348 e. The number of benzene rings is 2. The Morgan fingerprint density at radius 3 is 1.31 bits per heavy atom. The average Bonchev–Trinajstić information content (AvgIpc) is 3.03. The van der Waals surface area contributed by atoms with Gasteiger partial charge in [-0.3, -0.25) is 19.4 Å². The minimum absolute atomic E-state index is 0.0577. The first kappa shape index (κ1) is 28.9. The number of nitriles is 2. The Morgan fingerprint density at radius 2 is 1.00 bits per heavy atom. The lowest BCUT2D eigenvalue weighted by Crippen LogP contribution is -2.45. The number of piperidine rings is 2. The molecule has 2 aliphatic heterocycles. The zero-order valence-corrected chi connectivity index (χ0v) is 23.5. The summed E-state index contributed by atoms with van der Waals surface area (Å²) in [7, 11) is 0.